The molecule has 18 heavy (non-hydrogen) atoms. The number of aliphatic hydroxyl groups excluding tert-OH is 1. The first-order valence-electron chi connectivity index (χ1n) is 4.99. The molecule has 0 saturated heterocycles. The number of aliphatic hydroxyl groups is 1. The van der Waals surface area contributed by atoms with Crippen molar-refractivity contribution in [2.75, 3.05) is 18.5 Å². The molecule has 0 aliphatic carbocycles. The minimum absolute atomic E-state index is 0.0633. The molecule has 8 heteroatoms. The van der Waals surface area contributed by atoms with Gasteiger partial charge in [0.05, 0.1) is 11.5 Å². The number of nitrogens with one attached hydrogen (secondary N) is 2. The number of amides is 2. The summed E-state index contributed by atoms with van der Waals surface area (Å²) < 4.78 is 0. The molecule has 0 fully saturated rings. The summed E-state index contributed by atoms with van der Waals surface area (Å²) in [6.45, 7) is -0.367. The lowest BCUT2D eigenvalue weighted by atomic mass is 10.2. The molecule has 8 nitrogen and oxygen atoms in total. The van der Waals surface area contributed by atoms with Crippen LogP contribution in [0.15, 0.2) is 24.3 Å². The molecule has 0 unspecified atom stereocenters. The zero-order valence-corrected chi connectivity index (χ0v) is 9.25. The number of carbonyl (C=O) groups is 2. The van der Waals surface area contributed by atoms with Gasteiger partial charge in [0.1, 0.15) is 5.69 Å². The summed E-state index contributed by atoms with van der Waals surface area (Å²) in [6, 6.07) is 5.46. The molecule has 1 aromatic rings. The molecule has 2 amide bonds. The Morgan fingerprint density at radius 1 is 1.28 bits per heavy atom. The number of nitro groups is 1. The van der Waals surface area contributed by atoms with E-state index in [1.54, 1.807) is 0 Å². The Kier molecular flexibility index (Phi) is 4.76. The lowest BCUT2D eigenvalue weighted by molar-refractivity contribution is -0.383. The number of benzene rings is 1. The van der Waals surface area contributed by atoms with E-state index in [1.807, 2.05) is 0 Å². The van der Waals surface area contributed by atoms with Crippen LogP contribution < -0.4 is 10.6 Å². The summed E-state index contributed by atoms with van der Waals surface area (Å²) >= 11 is 0. The number of anilines is 1. The van der Waals surface area contributed by atoms with E-state index in [2.05, 4.69) is 10.6 Å². The fraction of sp³-hybridized carbons (Fsp3) is 0.200. The number of hydrogen-bond donors (Lipinski definition) is 3. The fourth-order valence-corrected chi connectivity index (χ4v) is 1.17. The number of hydrogen-bond acceptors (Lipinski definition) is 5. The van der Waals surface area contributed by atoms with Crippen LogP contribution in [-0.4, -0.2) is 35.0 Å². The van der Waals surface area contributed by atoms with Crippen LogP contribution >= 0.6 is 0 Å². The Balaban J connectivity index is 2.76. The largest absolute Gasteiger partial charge is 0.395 e. The van der Waals surface area contributed by atoms with Crippen molar-refractivity contribution in [2.45, 2.75) is 0 Å². The lowest BCUT2D eigenvalue weighted by Gasteiger charge is -2.05. The van der Waals surface area contributed by atoms with E-state index in [4.69, 9.17) is 5.11 Å². The summed E-state index contributed by atoms with van der Waals surface area (Å²) in [5.41, 5.74) is -0.368. The lowest BCUT2D eigenvalue weighted by Crippen LogP contribution is -2.36. The van der Waals surface area contributed by atoms with Crippen LogP contribution in [-0.2, 0) is 9.59 Å². The van der Waals surface area contributed by atoms with Crippen molar-refractivity contribution in [3.63, 3.8) is 0 Å². The van der Waals surface area contributed by atoms with Gasteiger partial charge < -0.3 is 15.7 Å². The number of para-hydroxylation sites is 2. The normalized spacial score (nSPS) is 9.61. The zero-order valence-electron chi connectivity index (χ0n) is 9.25. The standard InChI is InChI=1S/C10H11N3O5/c14-6-5-11-9(15)10(16)12-7-3-1-2-4-8(7)13(17)18/h1-4,14H,5-6H2,(H,11,15)(H,12,16). The topological polar surface area (TPSA) is 122 Å². The highest BCUT2D eigenvalue weighted by Gasteiger charge is 2.18. The van der Waals surface area contributed by atoms with Gasteiger partial charge in [-0.05, 0) is 6.07 Å². The van der Waals surface area contributed by atoms with Crippen molar-refractivity contribution in [1.82, 2.24) is 5.32 Å². The minimum atomic E-state index is -1.03. The summed E-state index contributed by atoms with van der Waals surface area (Å²) in [5.74, 6) is -2.00. The van der Waals surface area contributed by atoms with E-state index in [0.29, 0.717) is 0 Å². The van der Waals surface area contributed by atoms with Crippen LogP contribution in [0, 0.1) is 10.1 Å². The van der Waals surface area contributed by atoms with Gasteiger partial charge in [0.25, 0.3) is 5.69 Å². The van der Waals surface area contributed by atoms with Crippen LogP contribution in [0.1, 0.15) is 0 Å². The third kappa shape index (κ3) is 3.52. The fourth-order valence-electron chi connectivity index (χ4n) is 1.17. The third-order valence-corrected chi connectivity index (χ3v) is 1.95. The highest BCUT2D eigenvalue weighted by atomic mass is 16.6. The molecule has 0 aliphatic rings. The van der Waals surface area contributed by atoms with Crippen molar-refractivity contribution >= 4 is 23.2 Å². The van der Waals surface area contributed by atoms with Gasteiger partial charge in [-0.1, -0.05) is 12.1 Å². The quantitative estimate of drug-likeness (QED) is 0.384. The van der Waals surface area contributed by atoms with Gasteiger partial charge in [-0.25, -0.2) is 0 Å². The van der Waals surface area contributed by atoms with E-state index in [0.717, 1.165) is 0 Å². The first kappa shape index (κ1) is 13.6. The summed E-state index contributed by atoms with van der Waals surface area (Å²) in [4.78, 5) is 32.5. The predicted molar refractivity (Wildman–Crippen MR) is 61.8 cm³/mol. The van der Waals surface area contributed by atoms with E-state index < -0.39 is 16.7 Å². The predicted octanol–water partition coefficient (Wildman–Crippen LogP) is -0.358. The van der Waals surface area contributed by atoms with E-state index in [9.17, 15) is 19.7 Å². The molecule has 0 spiro atoms. The van der Waals surface area contributed by atoms with Crippen LogP contribution in [0.25, 0.3) is 0 Å². The van der Waals surface area contributed by atoms with E-state index in [1.165, 1.54) is 24.3 Å². The molecular weight excluding hydrogens is 242 g/mol. The first-order chi connectivity index (χ1) is 8.56. The van der Waals surface area contributed by atoms with Crippen LogP contribution in [0.5, 0.6) is 0 Å². The number of carbonyl (C=O) groups excluding carboxylic acids is 2. The molecule has 0 saturated carbocycles. The molecule has 0 atom stereocenters. The minimum Gasteiger partial charge on any atom is -0.395 e. The molecule has 3 N–H and O–H groups in total. The second-order valence-corrected chi connectivity index (χ2v) is 3.21. The van der Waals surface area contributed by atoms with Gasteiger partial charge >= 0.3 is 11.8 Å². The van der Waals surface area contributed by atoms with E-state index in [-0.39, 0.29) is 24.5 Å². The zero-order chi connectivity index (χ0) is 13.5. The summed E-state index contributed by atoms with van der Waals surface area (Å²) in [5, 5.41) is 23.4. The Morgan fingerprint density at radius 2 is 1.94 bits per heavy atom. The maximum absolute atomic E-state index is 11.4. The van der Waals surface area contributed by atoms with Gasteiger partial charge in [0.2, 0.25) is 0 Å². The van der Waals surface area contributed by atoms with Gasteiger partial charge in [0.15, 0.2) is 0 Å². The smallest absolute Gasteiger partial charge is 0.313 e. The summed E-state index contributed by atoms with van der Waals surface area (Å²) in [6.07, 6.45) is 0. The molecule has 0 aliphatic heterocycles. The Labute approximate surface area is 102 Å². The number of nitrogens with zero attached hydrogens (tertiary/aromatic N) is 1. The first-order valence-corrected chi connectivity index (χ1v) is 4.99. The van der Waals surface area contributed by atoms with Crippen LogP contribution in [0.3, 0.4) is 0 Å². The summed E-state index contributed by atoms with van der Waals surface area (Å²) in [7, 11) is 0. The Morgan fingerprint density at radius 3 is 2.56 bits per heavy atom. The van der Waals surface area contributed by atoms with Gasteiger partial charge in [-0.2, -0.15) is 0 Å². The molecule has 0 heterocycles. The number of nitro benzene ring substituents is 1. The third-order valence-electron chi connectivity index (χ3n) is 1.95. The van der Waals surface area contributed by atoms with Gasteiger partial charge in [-0.15, -0.1) is 0 Å². The highest BCUT2D eigenvalue weighted by molar-refractivity contribution is 6.39. The second-order valence-electron chi connectivity index (χ2n) is 3.21. The van der Waals surface area contributed by atoms with Crippen molar-refractivity contribution in [3.05, 3.63) is 34.4 Å². The SMILES string of the molecule is O=C(NCCO)C(=O)Nc1ccccc1[N+](=O)[O-]. The Hall–Kier alpha value is -2.48. The highest BCUT2D eigenvalue weighted by Crippen LogP contribution is 2.22. The van der Waals surface area contributed by atoms with Gasteiger partial charge in [-0.3, -0.25) is 19.7 Å². The molecule has 1 aromatic carbocycles. The van der Waals surface area contributed by atoms with Crippen molar-refractivity contribution in [2.24, 2.45) is 0 Å². The number of rotatable bonds is 4. The van der Waals surface area contributed by atoms with Gasteiger partial charge in [0, 0.05) is 12.6 Å². The monoisotopic (exact) mass is 253 g/mol. The van der Waals surface area contributed by atoms with Crippen molar-refractivity contribution < 1.29 is 19.6 Å². The maximum Gasteiger partial charge on any atom is 0.313 e. The Bertz CT molecular complexity index is 474. The average Bonchev–Trinajstić information content (AvgIpc) is 2.36. The van der Waals surface area contributed by atoms with Crippen molar-refractivity contribution in [3.8, 4) is 0 Å². The molecule has 96 valence electrons. The second kappa shape index (κ2) is 6.30. The molecule has 0 radical (unpaired) electrons. The van der Waals surface area contributed by atoms with Crippen LogP contribution in [0.2, 0.25) is 0 Å². The average molecular weight is 253 g/mol. The maximum atomic E-state index is 11.4. The van der Waals surface area contributed by atoms with E-state index >= 15 is 0 Å². The molecule has 1 rings (SSSR count). The van der Waals surface area contributed by atoms with Crippen molar-refractivity contribution in [1.29, 1.82) is 0 Å². The van der Waals surface area contributed by atoms with Crippen LogP contribution in [0.4, 0.5) is 11.4 Å². The molecule has 0 aromatic heterocycles. The molecular formula is C10H11N3O5. The molecule has 0 bridgehead atoms.